The van der Waals surface area contributed by atoms with Gasteiger partial charge in [0.15, 0.2) is 0 Å². The van der Waals surface area contributed by atoms with Crippen LogP contribution in [0.4, 0.5) is 0 Å². The highest BCUT2D eigenvalue weighted by Gasteiger charge is 2.44. The number of halogens is 2. The van der Waals surface area contributed by atoms with Crippen molar-refractivity contribution < 1.29 is 18.3 Å². The fourth-order valence-electron chi connectivity index (χ4n) is 1.93. The second-order valence-corrected chi connectivity index (χ2v) is 8.20. The van der Waals surface area contributed by atoms with Crippen molar-refractivity contribution in [3.8, 4) is 0 Å². The minimum absolute atomic E-state index is 0.0625. The van der Waals surface area contributed by atoms with Crippen molar-refractivity contribution in [2.24, 2.45) is 0 Å². The van der Waals surface area contributed by atoms with Gasteiger partial charge in [0, 0.05) is 5.75 Å². The van der Waals surface area contributed by atoms with Gasteiger partial charge in [-0.15, -0.1) is 11.8 Å². The third kappa shape index (κ3) is 2.78. The Morgan fingerprint density at radius 2 is 2.05 bits per heavy atom. The van der Waals surface area contributed by atoms with Gasteiger partial charge in [0.2, 0.25) is 10.0 Å². The molecule has 2 unspecified atom stereocenters. The molecule has 0 bridgehead atoms. The van der Waals surface area contributed by atoms with Gasteiger partial charge in [0.1, 0.15) is 6.04 Å². The van der Waals surface area contributed by atoms with Crippen molar-refractivity contribution >= 4 is 51.0 Å². The zero-order valence-corrected chi connectivity index (χ0v) is 13.4. The lowest BCUT2D eigenvalue weighted by Gasteiger charge is -2.24. The minimum atomic E-state index is -3.93. The number of carboxylic acids is 1. The van der Waals surface area contributed by atoms with E-state index in [1.807, 2.05) is 0 Å². The first-order valence-corrected chi connectivity index (χ1v) is 8.82. The van der Waals surface area contributed by atoms with Crippen molar-refractivity contribution in [2.75, 3.05) is 5.75 Å². The Hall–Kier alpha value is -0.470. The van der Waals surface area contributed by atoms with Gasteiger partial charge in [0.25, 0.3) is 0 Å². The van der Waals surface area contributed by atoms with Crippen LogP contribution in [0.25, 0.3) is 0 Å². The minimum Gasteiger partial charge on any atom is -0.480 e. The standard InChI is InChI=1S/C11H11Cl2NO4S2/c1-6-14(10(5-19-6)11(15)16)20(17,18)7-2-3-8(12)9(13)4-7/h2-4,6,10H,5H2,1H3,(H,15,16). The lowest BCUT2D eigenvalue weighted by atomic mass is 10.3. The van der Waals surface area contributed by atoms with Gasteiger partial charge in [-0.3, -0.25) is 4.79 Å². The molecular formula is C11H11Cl2NO4S2. The molecule has 0 saturated carbocycles. The second-order valence-electron chi connectivity index (χ2n) is 4.20. The van der Waals surface area contributed by atoms with Crippen molar-refractivity contribution in [3.05, 3.63) is 28.2 Å². The second kappa shape index (κ2) is 5.73. The van der Waals surface area contributed by atoms with Gasteiger partial charge in [0.05, 0.1) is 20.3 Å². The summed E-state index contributed by atoms with van der Waals surface area (Å²) in [5.74, 6) is -0.942. The van der Waals surface area contributed by atoms with Crippen LogP contribution in [-0.2, 0) is 14.8 Å². The summed E-state index contributed by atoms with van der Waals surface area (Å²) in [6.45, 7) is 1.66. The number of thioether (sulfide) groups is 1. The molecule has 2 atom stereocenters. The van der Waals surface area contributed by atoms with Gasteiger partial charge in [-0.1, -0.05) is 23.2 Å². The summed E-state index contributed by atoms with van der Waals surface area (Å²) in [6.07, 6.45) is 0. The van der Waals surface area contributed by atoms with E-state index in [0.717, 1.165) is 4.31 Å². The molecule has 110 valence electrons. The fraction of sp³-hybridized carbons (Fsp3) is 0.364. The molecule has 9 heteroatoms. The number of rotatable bonds is 3. The number of aliphatic carboxylic acids is 1. The van der Waals surface area contributed by atoms with Crippen molar-refractivity contribution in [1.29, 1.82) is 0 Å². The largest absolute Gasteiger partial charge is 0.480 e. The molecule has 1 aromatic rings. The van der Waals surface area contributed by atoms with E-state index in [9.17, 15) is 13.2 Å². The van der Waals surface area contributed by atoms with Crippen LogP contribution in [0.1, 0.15) is 6.92 Å². The molecule has 1 aliphatic heterocycles. The molecule has 0 spiro atoms. The van der Waals surface area contributed by atoms with Crippen LogP contribution in [0.2, 0.25) is 10.0 Å². The number of benzene rings is 1. The lowest BCUT2D eigenvalue weighted by molar-refractivity contribution is -0.140. The Morgan fingerprint density at radius 3 is 2.60 bits per heavy atom. The van der Waals surface area contributed by atoms with E-state index in [1.54, 1.807) is 6.92 Å². The van der Waals surface area contributed by atoms with Crippen LogP contribution < -0.4 is 0 Å². The quantitative estimate of drug-likeness (QED) is 0.901. The number of nitrogens with zero attached hydrogens (tertiary/aromatic N) is 1. The Morgan fingerprint density at radius 1 is 1.40 bits per heavy atom. The zero-order valence-electron chi connectivity index (χ0n) is 10.3. The summed E-state index contributed by atoms with van der Waals surface area (Å²) >= 11 is 12.9. The van der Waals surface area contributed by atoms with E-state index in [1.165, 1.54) is 30.0 Å². The predicted molar refractivity (Wildman–Crippen MR) is 78.8 cm³/mol. The van der Waals surface area contributed by atoms with Crippen LogP contribution in [-0.4, -0.2) is 41.0 Å². The molecule has 1 saturated heterocycles. The Balaban J connectivity index is 2.47. The third-order valence-electron chi connectivity index (χ3n) is 2.91. The Kier molecular flexibility index (Phi) is 4.56. The van der Waals surface area contributed by atoms with Crippen molar-refractivity contribution in [1.82, 2.24) is 4.31 Å². The Bertz CT molecular complexity index is 650. The molecule has 20 heavy (non-hydrogen) atoms. The number of hydrogen-bond donors (Lipinski definition) is 1. The topological polar surface area (TPSA) is 74.7 Å². The summed E-state index contributed by atoms with van der Waals surface area (Å²) in [7, 11) is -3.93. The zero-order chi connectivity index (χ0) is 15.1. The van der Waals surface area contributed by atoms with Gasteiger partial charge in [-0.2, -0.15) is 4.31 Å². The molecule has 1 heterocycles. The molecule has 2 rings (SSSR count). The van der Waals surface area contributed by atoms with Gasteiger partial charge in [-0.05, 0) is 25.1 Å². The molecule has 1 aliphatic rings. The van der Waals surface area contributed by atoms with Gasteiger partial charge in [-0.25, -0.2) is 8.42 Å². The first-order chi connectivity index (χ1) is 9.25. The molecule has 1 N–H and O–H groups in total. The molecule has 0 radical (unpaired) electrons. The SMILES string of the molecule is CC1SCC(C(=O)O)N1S(=O)(=O)c1ccc(Cl)c(Cl)c1. The highest BCUT2D eigenvalue weighted by Crippen LogP contribution is 2.35. The van der Waals surface area contributed by atoms with Gasteiger partial charge < -0.3 is 5.11 Å². The third-order valence-corrected chi connectivity index (χ3v) is 6.98. The maximum absolute atomic E-state index is 12.6. The number of sulfonamides is 1. The van der Waals surface area contributed by atoms with Crippen molar-refractivity contribution in [3.63, 3.8) is 0 Å². The first kappa shape index (κ1) is 15.9. The van der Waals surface area contributed by atoms with E-state index >= 15 is 0 Å². The molecule has 0 aromatic heterocycles. The van der Waals surface area contributed by atoms with Gasteiger partial charge >= 0.3 is 5.97 Å². The van der Waals surface area contributed by atoms with E-state index in [2.05, 4.69) is 0 Å². The summed E-state index contributed by atoms with van der Waals surface area (Å²) in [5, 5.41) is 9.05. The lowest BCUT2D eigenvalue weighted by Crippen LogP contribution is -2.44. The number of carboxylic acid groups (broad SMARTS) is 1. The highest BCUT2D eigenvalue weighted by molar-refractivity contribution is 8.01. The van der Waals surface area contributed by atoms with Crippen LogP contribution in [0.15, 0.2) is 23.1 Å². The van der Waals surface area contributed by atoms with E-state index < -0.39 is 27.4 Å². The Labute approximate surface area is 130 Å². The summed E-state index contributed by atoms with van der Waals surface area (Å²) in [4.78, 5) is 11.1. The van der Waals surface area contributed by atoms with Crippen LogP contribution in [0.3, 0.4) is 0 Å². The molecule has 5 nitrogen and oxygen atoms in total. The number of hydrogen-bond acceptors (Lipinski definition) is 4. The highest BCUT2D eigenvalue weighted by atomic mass is 35.5. The smallest absolute Gasteiger partial charge is 0.322 e. The van der Waals surface area contributed by atoms with Crippen LogP contribution in [0.5, 0.6) is 0 Å². The molecule has 1 aromatic carbocycles. The van der Waals surface area contributed by atoms with E-state index in [4.69, 9.17) is 28.3 Å². The van der Waals surface area contributed by atoms with E-state index in [0.29, 0.717) is 0 Å². The van der Waals surface area contributed by atoms with Crippen molar-refractivity contribution in [2.45, 2.75) is 23.2 Å². The van der Waals surface area contributed by atoms with E-state index in [-0.39, 0.29) is 20.7 Å². The maximum Gasteiger partial charge on any atom is 0.322 e. The fourth-order valence-corrected chi connectivity index (χ4v) is 5.61. The predicted octanol–water partition coefficient (Wildman–Crippen LogP) is 2.53. The monoisotopic (exact) mass is 355 g/mol. The van der Waals surface area contributed by atoms with Crippen LogP contribution >= 0.6 is 35.0 Å². The molecule has 0 amide bonds. The summed E-state index contributed by atoms with van der Waals surface area (Å²) in [5.41, 5.74) is 0. The molecular weight excluding hydrogens is 345 g/mol. The van der Waals surface area contributed by atoms with Crippen LogP contribution in [0, 0.1) is 0 Å². The summed E-state index contributed by atoms with van der Waals surface area (Å²) in [6, 6.07) is 2.85. The molecule has 1 fully saturated rings. The normalized spacial score (nSPS) is 23.9. The average molecular weight is 356 g/mol. The first-order valence-electron chi connectivity index (χ1n) is 5.58. The average Bonchev–Trinajstić information content (AvgIpc) is 2.75. The summed E-state index contributed by atoms with van der Waals surface area (Å²) < 4.78 is 26.1. The number of carbonyl (C=O) groups is 1. The molecule has 0 aliphatic carbocycles. The maximum atomic E-state index is 12.6.